The number of rotatable bonds is 4. The highest BCUT2D eigenvalue weighted by Gasteiger charge is 2.35. The summed E-state index contributed by atoms with van der Waals surface area (Å²) in [6.45, 7) is 8.15. The van der Waals surface area contributed by atoms with Crippen LogP contribution in [0.25, 0.3) is 0 Å². The zero-order chi connectivity index (χ0) is 14.8. The van der Waals surface area contributed by atoms with E-state index in [0.717, 1.165) is 25.7 Å². The van der Waals surface area contributed by atoms with Crippen molar-refractivity contribution in [1.82, 2.24) is 0 Å². The molecule has 0 radical (unpaired) electrons. The molecule has 0 heterocycles. The van der Waals surface area contributed by atoms with Gasteiger partial charge in [-0.25, -0.2) is 0 Å². The molecule has 0 aliphatic heterocycles. The van der Waals surface area contributed by atoms with Crippen LogP contribution in [0.1, 0.15) is 64.2 Å². The quantitative estimate of drug-likeness (QED) is 0.745. The van der Waals surface area contributed by atoms with Gasteiger partial charge in [0.25, 0.3) is 0 Å². The highest BCUT2D eigenvalue weighted by molar-refractivity contribution is 5.76. The molecule has 2 rings (SSSR count). The van der Waals surface area contributed by atoms with Crippen LogP contribution < -0.4 is 0 Å². The lowest BCUT2D eigenvalue weighted by atomic mass is 9.80. The summed E-state index contributed by atoms with van der Waals surface area (Å²) in [6, 6.07) is 8.39. The monoisotopic (exact) mass is 274 g/mol. The second-order valence-electron chi connectivity index (χ2n) is 6.47. The van der Waals surface area contributed by atoms with Gasteiger partial charge in [-0.2, -0.15) is 0 Å². The van der Waals surface area contributed by atoms with Crippen LogP contribution in [0, 0.1) is 11.3 Å². The van der Waals surface area contributed by atoms with Crippen molar-refractivity contribution >= 4 is 5.97 Å². The van der Waals surface area contributed by atoms with Gasteiger partial charge in [0.15, 0.2) is 0 Å². The lowest BCUT2D eigenvalue weighted by molar-refractivity contribution is -0.164. The number of carbonyl (C=O) groups excluding carboxylic acids is 1. The summed E-state index contributed by atoms with van der Waals surface area (Å²) in [5.74, 6) is 0.377. The van der Waals surface area contributed by atoms with E-state index in [1.54, 1.807) is 0 Å². The Morgan fingerprint density at radius 2 is 2.00 bits per heavy atom. The molecule has 1 aliphatic rings. The Bertz CT molecular complexity index is 476. The summed E-state index contributed by atoms with van der Waals surface area (Å²) in [4.78, 5) is 12.4. The minimum Gasteiger partial charge on any atom is -0.457 e. The van der Waals surface area contributed by atoms with Gasteiger partial charge in [-0.3, -0.25) is 4.79 Å². The van der Waals surface area contributed by atoms with E-state index in [2.05, 4.69) is 25.1 Å². The molecule has 2 nitrogen and oxygen atoms in total. The van der Waals surface area contributed by atoms with Crippen molar-refractivity contribution in [1.29, 1.82) is 0 Å². The van der Waals surface area contributed by atoms with E-state index in [1.807, 2.05) is 26.8 Å². The molecule has 0 N–H and O–H groups in total. The third kappa shape index (κ3) is 2.89. The van der Waals surface area contributed by atoms with Crippen LogP contribution in [0.4, 0.5) is 0 Å². The summed E-state index contributed by atoms with van der Waals surface area (Å²) in [6.07, 6.45) is 4.00. The van der Waals surface area contributed by atoms with Crippen molar-refractivity contribution < 1.29 is 9.53 Å². The van der Waals surface area contributed by atoms with Crippen LogP contribution in [0.15, 0.2) is 24.3 Å². The van der Waals surface area contributed by atoms with Crippen molar-refractivity contribution in [3.05, 3.63) is 35.4 Å². The fraction of sp³-hybridized carbons (Fsp3) is 0.611. The van der Waals surface area contributed by atoms with Crippen molar-refractivity contribution in [2.24, 2.45) is 11.3 Å². The number of aryl methyl sites for hydroxylation is 1. The number of ether oxygens (including phenoxy) is 1. The second kappa shape index (κ2) is 5.99. The number of hydrogen-bond donors (Lipinski definition) is 0. The van der Waals surface area contributed by atoms with Crippen molar-refractivity contribution in [3.8, 4) is 0 Å². The molecule has 1 aromatic carbocycles. The zero-order valence-corrected chi connectivity index (χ0v) is 13.1. The van der Waals surface area contributed by atoms with Gasteiger partial charge in [0.05, 0.1) is 5.41 Å². The third-order valence-corrected chi connectivity index (χ3v) is 4.77. The molecule has 0 saturated carbocycles. The smallest absolute Gasteiger partial charge is 0.312 e. The van der Waals surface area contributed by atoms with E-state index in [-0.39, 0.29) is 12.1 Å². The summed E-state index contributed by atoms with van der Waals surface area (Å²) >= 11 is 0. The summed E-state index contributed by atoms with van der Waals surface area (Å²) in [5.41, 5.74) is 2.15. The molecular weight excluding hydrogens is 248 g/mol. The van der Waals surface area contributed by atoms with Gasteiger partial charge in [0.2, 0.25) is 0 Å². The normalized spacial score (nSPS) is 22.2. The Hall–Kier alpha value is -1.31. The molecule has 2 heteroatoms. The number of carbonyl (C=O) groups is 1. The van der Waals surface area contributed by atoms with Gasteiger partial charge in [0.1, 0.15) is 6.10 Å². The van der Waals surface area contributed by atoms with Crippen LogP contribution in [0.3, 0.4) is 0 Å². The van der Waals surface area contributed by atoms with Gasteiger partial charge in [-0.15, -0.1) is 0 Å². The Morgan fingerprint density at radius 1 is 1.30 bits per heavy atom. The van der Waals surface area contributed by atoms with Crippen LogP contribution in [0.5, 0.6) is 0 Å². The number of benzene rings is 1. The molecule has 1 aromatic rings. The van der Waals surface area contributed by atoms with E-state index >= 15 is 0 Å². The van der Waals surface area contributed by atoms with Gasteiger partial charge in [-0.05, 0) is 50.7 Å². The van der Waals surface area contributed by atoms with Crippen LogP contribution in [-0.4, -0.2) is 5.97 Å². The minimum absolute atomic E-state index is 0.0664. The number of esters is 1. The Morgan fingerprint density at radius 3 is 2.65 bits per heavy atom. The molecule has 20 heavy (non-hydrogen) atoms. The number of fused-ring (bicyclic) bond motifs is 1. The first-order valence-corrected chi connectivity index (χ1v) is 7.78. The van der Waals surface area contributed by atoms with E-state index in [4.69, 9.17) is 4.74 Å². The summed E-state index contributed by atoms with van der Waals surface area (Å²) in [7, 11) is 0. The van der Waals surface area contributed by atoms with Crippen LogP contribution >= 0.6 is 0 Å². The molecule has 0 saturated heterocycles. The predicted octanol–water partition coefficient (Wildman–Crippen LogP) is 4.68. The van der Waals surface area contributed by atoms with Crippen molar-refractivity contribution in [3.63, 3.8) is 0 Å². The second-order valence-corrected chi connectivity index (χ2v) is 6.47. The fourth-order valence-electron chi connectivity index (χ4n) is 2.78. The standard InChI is InChI=1S/C18H26O2/c1-5-13-11-12-14-9-7-8-10-15(14)16(13)20-17(19)18(3,4)6-2/h7-10,13,16H,5-6,11-12H2,1-4H3. The van der Waals surface area contributed by atoms with Gasteiger partial charge in [-0.1, -0.05) is 38.1 Å². The molecule has 0 bridgehead atoms. The van der Waals surface area contributed by atoms with Crippen molar-refractivity contribution in [2.45, 2.75) is 59.5 Å². The summed E-state index contributed by atoms with van der Waals surface area (Å²) in [5, 5.41) is 0. The molecule has 110 valence electrons. The van der Waals surface area contributed by atoms with Gasteiger partial charge >= 0.3 is 5.97 Å². The van der Waals surface area contributed by atoms with Crippen LogP contribution in [-0.2, 0) is 16.0 Å². The van der Waals surface area contributed by atoms with E-state index in [1.165, 1.54) is 11.1 Å². The molecule has 0 spiro atoms. The van der Waals surface area contributed by atoms with E-state index in [0.29, 0.717) is 5.92 Å². The first-order valence-electron chi connectivity index (χ1n) is 7.78. The molecule has 1 aliphatic carbocycles. The summed E-state index contributed by atoms with van der Waals surface area (Å²) < 4.78 is 5.94. The Balaban J connectivity index is 2.26. The maximum atomic E-state index is 12.4. The highest BCUT2D eigenvalue weighted by Crippen LogP contribution is 2.40. The third-order valence-electron chi connectivity index (χ3n) is 4.77. The Kier molecular flexibility index (Phi) is 4.52. The minimum atomic E-state index is -0.398. The zero-order valence-electron chi connectivity index (χ0n) is 13.1. The first kappa shape index (κ1) is 15.1. The van der Waals surface area contributed by atoms with E-state index < -0.39 is 5.41 Å². The SMILES string of the molecule is CCC1CCc2ccccc2C1OC(=O)C(C)(C)CC. The Labute approximate surface area is 122 Å². The first-order chi connectivity index (χ1) is 9.49. The topological polar surface area (TPSA) is 26.3 Å². The average Bonchev–Trinajstić information content (AvgIpc) is 2.47. The molecule has 0 amide bonds. The highest BCUT2D eigenvalue weighted by atomic mass is 16.5. The molecule has 0 aromatic heterocycles. The maximum absolute atomic E-state index is 12.4. The molecule has 0 fully saturated rings. The predicted molar refractivity (Wildman–Crippen MR) is 81.4 cm³/mol. The maximum Gasteiger partial charge on any atom is 0.312 e. The lowest BCUT2D eigenvalue weighted by Gasteiger charge is -2.34. The van der Waals surface area contributed by atoms with Crippen LogP contribution in [0.2, 0.25) is 0 Å². The molecular formula is C18H26O2. The van der Waals surface area contributed by atoms with E-state index in [9.17, 15) is 4.79 Å². The average molecular weight is 274 g/mol. The van der Waals surface area contributed by atoms with Gasteiger partial charge < -0.3 is 4.74 Å². The van der Waals surface area contributed by atoms with Gasteiger partial charge in [0, 0.05) is 5.92 Å². The molecule has 2 unspecified atom stereocenters. The van der Waals surface area contributed by atoms with Crippen molar-refractivity contribution in [2.75, 3.05) is 0 Å². The fourth-order valence-corrected chi connectivity index (χ4v) is 2.78. The lowest BCUT2D eigenvalue weighted by Crippen LogP contribution is -2.31. The molecule has 2 atom stereocenters. The number of hydrogen-bond acceptors (Lipinski definition) is 2. The largest absolute Gasteiger partial charge is 0.457 e.